The molecule has 1 aliphatic rings. The largest absolute Gasteiger partial charge is 0.322 e. The number of benzene rings is 2. The first-order chi connectivity index (χ1) is 13.8. The first-order valence-corrected chi connectivity index (χ1v) is 10.9. The highest BCUT2D eigenvalue weighted by atomic mass is 35.5. The predicted molar refractivity (Wildman–Crippen MR) is 111 cm³/mol. The lowest BCUT2D eigenvalue weighted by molar-refractivity contribution is 0.102. The van der Waals surface area contributed by atoms with E-state index in [1.807, 2.05) is 7.05 Å². The number of carbonyl (C=O) groups is 1. The average molecular weight is 433 g/mol. The average Bonchev–Trinajstić information content (AvgIpc) is 2.70. The Kier molecular flexibility index (Phi) is 6.55. The molecule has 1 heterocycles. The van der Waals surface area contributed by atoms with Crippen LogP contribution in [0.15, 0.2) is 47.4 Å². The van der Waals surface area contributed by atoms with E-state index in [1.165, 1.54) is 22.5 Å². The Bertz CT molecular complexity index is 1040. The zero-order chi connectivity index (χ0) is 21.0. The second kappa shape index (κ2) is 8.93. The lowest BCUT2D eigenvalue weighted by atomic mass is 10.1. The third kappa shape index (κ3) is 4.95. The molecule has 1 saturated heterocycles. The number of anilines is 1. The maximum Gasteiger partial charge on any atom is 0.257 e. The second-order valence-corrected chi connectivity index (χ2v) is 9.18. The number of halogens is 1. The van der Waals surface area contributed by atoms with E-state index in [4.69, 9.17) is 16.9 Å². The standard InChI is InChI=1S/C20H21ClN4O3S/c1-24-10-12-25(13-11-24)29(27,28)17-6-7-19(21)18(14-17)20(26)23-16-4-2-15(3-5-16)8-9-22/h2-7,14H,8,10-13H2,1H3,(H,23,26). The number of amides is 1. The van der Waals surface area contributed by atoms with Crippen LogP contribution in [-0.2, 0) is 16.4 Å². The van der Waals surface area contributed by atoms with Gasteiger partial charge in [0.25, 0.3) is 5.91 Å². The van der Waals surface area contributed by atoms with Crippen LogP contribution in [-0.4, -0.2) is 56.8 Å². The molecule has 7 nitrogen and oxygen atoms in total. The van der Waals surface area contributed by atoms with Gasteiger partial charge < -0.3 is 10.2 Å². The smallest absolute Gasteiger partial charge is 0.257 e. The summed E-state index contributed by atoms with van der Waals surface area (Å²) >= 11 is 6.17. The van der Waals surface area contributed by atoms with Crippen LogP contribution in [0.3, 0.4) is 0 Å². The molecule has 1 aliphatic heterocycles. The monoisotopic (exact) mass is 432 g/mol. The molecule has 0 aliphatic carbocycles. The van der Waals surface area contributed by atoms with Crippen LogP contribution in [0.25, 0.3) is 0 Å². The van der Waals surface area contributed by atoms with Crippen molar-refractivity contribution in [3.8, 4) is 6.07 Å². The number of hydrogen-bond donors (Lipinski definition) is 1. The Hall–Kier alpha value is -2.44. The Morgan fingerprint density at radius 2 is 1.79 bits per heavy atom. The molecule has 3 rings (SSSR count). The summed E-state index contributed by atoms with van der Waals surface area (Å²) in [6.07, 6.45) is 0.284. The first kappa shape index (κ1) is 21.3. The van der Waals surface area contributed by atoms with Crippen LogP contribution in [0.1, 0.15) is 15.9 Å². The van der Waals surface area contributed by atoms with Gasteiger partial charge in [-0.3, -0.25) is 4.79 Å². The van der Waals surface area contributed by atoms with Gasteiger partial charge in [0, 0.05) is 31.9 Å². The minimum atomic E-state index is -3.71. The van der Waals surface area contributed by atoms with Crippen molar-refractivity contribution in [1.82, 2.24) is 9.21 Å². The lowest BCUT2D eigenvalue weighted by Crippen LogP contribution is -2.47. The Morgan fingerprint density at radius 1 is 1.14 bits per heavy atom. The van der Waals surface area contributed by atoms with Crippen LogP contribution in [0.4, 0.5) is 5.69 Å². The first-order valence-electron chi connectivity index (χ1n) is 9.07. The highest BCUT2D eigenvalue weighted by molar-refractivity contribution is 7.89. The molecule has 0 unspecified atom stereocenters. The number of likely N-dealkylation sites (N-methyl/N-ethyl adjacent to an activating group) is 1. The van der Waals surface area contributed by atoms with Gasteiger partial charge in [0.1, 0.15) is 0 Å². The summed E-state index contributed by atoms with van der Waals surface area (Å²) in [5, 5.41) is 11.6. The third-order valence-electron chi connectivity index (χ3n) is 4.78. The van der Waals surface area contributed by atoms with Crippen molar-refractivity contribution in [2.24, 2.45) is 0 Å². The summed E-state index contributed by atoms with van der Waals surface area (Å²) in [6.45, 7) is 2.11. The van der Waals surface area contributed by atoms with E-state index < -0.39 is 15.9 Å². The number of sulfonamides is 1. The Labute approximate surface area is 175 Å². The molecule has 2 aromatic carbocycles. The van der Waals surface area contributed by atoms with Gasteiger partial charge in [-0.2, -0.15) is 9.57 Å². The zero-order valence-corrected chi connectivity index (χ0v) is 17.5. The molecule has 29 heavy (non-hydrogen) atoms. The minimum Gasteiger partial charge on any atom is -0.322 e. The second-order valence-electron chi connectivity index (χ2n) is 6.83. The fourth-order valence-electron chi connectivity index (χ4n) is 3.01. The normalized spacial score (nSPS) is 15.6. The Morgan fingerprint density at radius 3 is 2.41 bits per heavy atom. The van der Waals surface area contributed by atoms with Gasteiger partial charge in [0.15, 0.2) is 0 Å². The third-order valence-corrected chi connectivity index (χ3v) is 7.00. The molecule has 1 N–H and O–H groups in total. The van der Waals surface area contributed by atoms with E-state index >= 15 is 0 Å². The van der Waals surface area contributed by atoms with Crippen molar-refractivity contribution in [2.75, 3.05) is 38.5 Å². The molecule has 0 saturated carbocycles. The van der Waals surface area contributed by atoms with Crippen molar-refractivity contribution < 1.29 is 13.2 Å². The molecular formula is C20H21ClN4O3S. The van der Waals surface area contributed by atoms with Crippen molar-refractivity contribution in [3.05, 3.63) is 58.6 Å². The van der Waals surface area contributed by atoms with Gasteiger partial charge in [-0.05, 0) is 42.9 Å². The molecule has 0 aromatic heterocycles. The maximum absolute atomic E-state index is 12.9. The summed E-state index contributed by atoms with van der Waals surface area (Å²) in [7, 11) is -1.76. The van der Waals surface area contributed by atoms with Crippen molar-refractivity contribution in [2.45, 2.75) is 11.3 Å². The van der Waals surface area contributed by atoms with E-state index in [2.05, 4.69) is 16.3 Å². The van der Waals surface area contributed by atoms with Gasteiger partial charge in [-0.1, -0.05) is 23.7 Å². The molecule has 152 valence electrons. The van der Waals surface area contributed by atoms with E-state index in [9.17, 15) is 13.2 Å². The molecule has 1 amide bonds. The van der Waals surface area contributed by atoms with Crippen LogP contribution >= 0.6 is 11.6 Å². The van der Waals surface area contributed by atoms with E-state index in [0.717, 1.165) is 5.56 Å². The number of nitriles is 1. The zero-order valence-electron chi connectivity index (χ0n) is 15.9. The number of hydrogen-bond acceptors (Lipinski definition) is 5. The van der Waals surface area contributed by atoms with Crippen LogP contribution in [0, 0.1) is 11.3 Å². The summed E-state index contributed by atoms with van der Waals surface area (Å²) in [5.74, 6) is -0.501. The minimum absolute atomic E-state index is 0.0426. The molecule has 1 fully saturated rings. The summed E-state index contributed by atoms with van der Waals surface area (Å²) in [4.78, 5) is 14.8. The van der Waals surface area contributed by atoms with Gasteiger partial charge in [-0.15, -0.1) is 0 Å². The van der Waals surface area contributed by atoms with Gasteiger partial charge in [-0.25, -0.2) is 8.42 Å². The topological polar surface area (TPSA) is 93.5 Å². The number of piperazine rings is 1. The fourth-order valence-corrected chi connectivity index (χ4v) is 4.66. The lowest BCUT2D eigenvalue weighted by Gasteiger charge is -2.31. The van der Waals surface area contributed by atoms with Crippen LogP contribution < -0.4 is 5.32 Å². The number of nitrogens with zero attached hydrogens (tertiary/aromatic N) is 3. The molecule has 2 aromatic rings. The number of nitrogens with one attached hydrogen (secondary N) is 1. The Balaban J connectivity index is 1.81. The number of carbonyl (C=O) groups excluding carboxylic acids is 1. The van der Waals surface area contributed by atoms with E-state index in [-0.39, 0.29) is 21.9 Å². The van der Waals surface area contributed by atoms with E-state index in [1.54, 1.807) is 24.3 Å². The van der Waals surface area contributed by atoms with Gasteiger partial charge in [0.2, 0.25) is 10.0 Å². The summed E-state index contributed by atoms with van der Waals surface area (Å²) in [5.41, 5.74) is 1.45. The highest BCUT2D eigenvalue weighted by Crippen LogP contribution is 2.25. The fraction of sp³-hybridized carbons (Fsp3) is 0.300. The molecule has 0 spiro atoms. The SMILES string of the molecule is CN1CCN(S(=O)(=O)c2ccc(Cl)c(C(=O)Nc3ccc(CC#N)cc3)c2)CC1. The molecular weight excluding hydrogens is 412 g/mol. The van der Waals surface area contributed by atoms with Gasteiger partial charge in [0.05, 0.1) is 28.0 Å². The maximum atomic E-state index is 12.9. The van der Waals surface area contributed by atoms with Crippen molar-refractivity contribution in [1.29, 1.82) is 5.26 Å². The predicted octanol–water partition coefficient (Wildman–Crippen LogP) is 2.59. The van der Waals surface area contributed by atoms with E-state index in [0.29, 0.717) is 31.9 Å². The molecule has 0 radical (unpaired) electrons. The summed E-state index contributed by atoms with van der Waals surface area (Å²) < 4.78 is 27.3. The molecule has 0 atom stereocenters. The quantitative estimate of drug-likeness (QED) is 0.783. The molecule has 9 heteroatoms. The van der Waals surface area contributed by atoms with Crippen molar-refractivity contribution >= 4 is 33.2 Å². The van der Waals surface area contributed by atoms with Gasteiger partial charge >= 0.3 is 0 Å². The van der Waals surface area contributed by atoms with Crippen LogP contribution in [0.5, 0.6) is 0 Å². The highest BCUT2D eigenvalue weighted by Gasteiger charge is 2.28. The number of rotatable bonds is 5. The summed E-state index contributed by atoms with van der Waals surface area (Å²) in [6, 6.07) is 13.1. The van der Waals surface area contributed by atoms with Crippen molar-refractivity contribution in [3.63, 3.8) is 0 Å². The molecule has 0 bridgehead atoms. The van der Waals surface area contributed by atoms with Crippen LogP contribution in [0.2, 0.25) is 5.02 Å².